The van der Waals surface area contributed by atoms with Gasteiger partial charge in [-0.15, -0.1) is 0 Å². The third kappa shape index (κ3) is 14.2. The van der Waals surface area contributed by atoms with E-state index in [0.29, 0.717) is 0 Å². The Hall–Kier alpha value is -0.620. The Labute approximate surface area is 191 Å². The van der Waals surface area contributed by atoms with Gasteiger partial charge in [-0.05, 0) is 18.9 Å². The zero-order valence-corrected chi connectivity index (χ0v) is 20.1. The largest absolute Gasteiger partial charge is 0.493 e. The van der Waals surface area contributed by atoms with Crippen LogP contribution in [0.25, 0.3) is 0 Å². The summed E-state index contributed by atoms with van der Waals surface area (Å²) in [7, 11) is 0. The minimum absolute atomic E-state index is 0.0780. The molecule has 1 rings (SSSR count). The number of unbranched alkanes of at least 4 members (excludes halogenated alkanes) is 16. The van der Waals surface area contributed by atoms with Crippen LogP contribution in [0.5, 0.6) is 0 Å². The number of rotatable bonds is 21. The highest BCUT2D eigenvalue weighted by molar-refractivity contribution is 4.90. The first-order chi connectivity index (χ1) is 15.2. The first kappa shape index (κ1) is 28.4. The van der Waals surface area contributed by atoms with Gasteiger partial charge in [0.1, 0.15) is 24.4 Å². The van der Waals surface area contributed by atoms with Gasteiger partial charge in [-0.1, -0.05) is 103 Å². The number of aliphatic hydroxyl groups excluding tert-OH is 3. The Morgan fingerprint density at radius 2 is 1.29 bits per heavy atom. The van der Waals surface area contributed by atoms with Crippen molar-refractivity contribution >= 4 is 0 Å². The Morgan fingerprint density at radius 1 is 0.806 bits per heavy atom. The zero-order valence-electron chi connectivity index (χ0n) is 20.1. The lowest BCUT2D eigenvalue weighted by atomic mass is 10.0. The second-order valence-electron chi connectivity index (χ2n) is 9.18. The van der Waals surface area contributed by atoms with E-state index < -0.39 is 24.4 Å². The maximum Gasteiger partial charge on any atom is 0.149 e. The van der Waals surface area contributed by atoms with Crippen molar-refractivity contribution in [2.75, 3.05) is 13.2 Å². The van der Waals surface area contributed by atoms with E-state index in [1.54, 1.807) is 6.26 Å². The van der Waals surface area contributed by atoms with Crippen LogP contribution in [-0.2, 0) is 9.47 Å². The van der Waals surface area contributed by atoms with E-state index in [4.69, 9.17) is 9.47 Å². The molecule has 0 aromatic carbocycles. The van der Waals surface area contributed by atoms with Gasteiger partial charge in [0.15, 0.2) is 0 Å². The van der Waals surface area contributed by atoms with Crippen LogP contribution in [0.15, 0.2) is 12.3 Å². The second kappa shape index (κ2) is 20.0. The minimum atomic E-state index is -1.01. The van der Waals surface area contributed by atoms with Gasteiger partial charge in [-0.3, -0.25) is 0 Å². The van der Waals surface area contributed by atoms with Gasteiger partial charge in [0.25, 0.3) is 0 Å². The van der Waals surface area contributed by atoms with E-state index in [9.17, 15) is 15.3 Å². The molecule has 31 heavy (non-hydrogen) atoms. The van der Waals surface area contributed by atoms with Crippen LogP contribution in [0.1, 0.15) is 116 Å². The van der Waals surface area contributed by atoms with Gasteiger partial charge in [0.2, 0.25) is 0 Å². The van der Waals surface area contributed by atoms with Gasteiger partial charge in [-0.25, -0.2) is 0 Å². The highest BCUT2D eigenvalue weighted by Gasteiger charge is 2.40. The molecule has 3 N–H and O–H groups in total. The molecule has 1 aliphatic heterocycles. The van der Waals surface area contributed by atoms with Crippen LogP contribution in [0.4, 0.5) is 0 Å². The summed E-state index contributed by atoms with van der Waals surface area (Å²) in [6, 6.07) is 0. The van der Waals surface area contributed by atoms with Gasteiger partial charge in [-0.2, -0.15) is 0 Å². The molecule has 5 nitrogen and oxygen atoms in total. The van der Waals surface area contributed by atoms with Crippen molar-refractivity contribution in [3.8, 4) is 0 Å². The van der Waals surface area contributed by atoms with E-state index in [1.807, 2.05) is 6.08 Å². The maximum atomic E-state index is 9.83. The highest BCUT2D eigenvalue weighted by Crippen LogP contribution is 2.20. The lowest BCUT2D eigenvalue weighted by Gasteiger charge is -2.23. The molecular weight excluding hydrogens is 392 g/mol. The van der Waals surface area contributed by atoms with E-state index in [1.165, 1.54) is 96.3 Å². The summed E-state index contributed by atoms with van der Waals surface area (Å²) >= 11 is 0. The van der Waals surface area contributed by atoms with Gasteiger partial charge >= 0.3 is 0 Å². The van der Waals surface area contributed by atoms with Crippen molar-refractivity contribution in [2.24, 2.45) is 0 Å². The lowest BCUT2D eigenvalue weighted by Crippen LogP contribution is -2.41. The van der Waals surface area contributed by atoms with E-state index in [0.717, 1.165) is 12.8 Å². The van der Waals surface area contributed by atoms with Crippen molar-refractivity contribution in [3.63, 3.8) is 0 Å². The molecule has 5 heteroatoms. The van der Waals surface area contributed by atoms with Crippen molar-refractivity contribution in [3.05, 3.63) is 12.3 Å². The van der Waals surface area contributed by atoms with Gasteiger partial charge in [0, 0.05) is 0 Å². The molecule has 0 bridgehead atoms. The molecule has 1 heterocycles. The smallest absolute Gasteiger partial charge is 0.149 e. The molecule has 1 aliphatic rings. The maximum absolute atomic E-state index is 9.83. The predicted octanol–water partition coefficient (Wildman–Crippen LogP) is 5.65. The fourth-order valence-electron chi connectivity index (χ4n) is 4.21. The van der Waals surface area contributed by atoms with Gasteiger partial charge in [0.05, 0.1) is 19.5 Å². The third-order valence-electron chi connectivity index (χ3n) is 6.31. The normalized spacial score (nSPS) is 22.4. The summed E-state index contributed by atoms with van der Waals surface area (Å²) in [5, 5.41) is 28.8. The number of allylic oxidation sites excluding steroid dienone is 1. The number of aliphatic hydroxyl groups is 3. The first-order valence-corrected chi connectivity index (χ1v) is 13.1. The predicted molar refractivity (Wildman–Crippen MR) is 127 cm³/mol. The standard InChI is InChI=1S/C26H50O5/c1-2-3-4-5-6-7-8-9-10-11-12-13-14-15-16-17-18-19-20-30-24(21-27)26-25(29)23(28)22-31-26/h19-20,23-29H,2-18,21-22H2,1H3/b20-19+/t23-,24+,25-,26-/m1/s1. The van der Waals surface area contributed by atoms with E-state index in [2.05, 4.69) is 6.92 Å². The Kier molecular flexibility index (Phi) is 18.3. The summed E-state index contributed by atoms with van der Waals surface area (Å²) in [5.41, 5.74) is 0. The van der Waals surface area contributed by atoms with Crippen LogP contribution in [0.3, 0.4) is 0 Å². The molecule has 0 aliphatic carbocycles. The summed E-state index contributed by atoms with van der Waals surface area (Å²) in [6.45, 7) is 2.10. The molecule has 1 saturated heterocycles. The van der Waals surface area contributed by atoms with E-state index >= 15 is 0 Å². The second-order valence-corrected chi connectivity index (χ2v) is 9.18. The van der Waals surface area contributed by atoms with Gasteiger partial charge < -0.3 is 24.8 Å². The van der Waals surface area contributed by atoms with Crippen molar-refractivity contribution in [2.45, 2.75) is 140 Å². The Balaban J connectivity index is 1.83. The molecule has 0 aromatic rings. The molecule has 0 unspecified atom stereocenters. The van der Waals surface area contributed by atoms with Crippen LogP contribution in [0, 0.1) is 0 Å². The number of hydrogen-bond donors (Lipinski definition) is 3. The lowest BCUT2D eigenvalue weighted by molar-refractivity contribution is -0.0737. The average Bonchev–Trinajstić information content (AvgIpc) is 3.11. The minimum Gasteiger partial charge on any atom is -0.493 e. The molecule has 0 aromatic heterocycles. The molecule has 0 amide bonds. The third-order valence-corrected chi connectivity index (χ3v) is 6.31. The molecule has 0 saturated carbocycles. The van der Waals surface area contributed by atoms with Crippen molar-refractivity contribution < 1.29 is 24.8 Å². The summed E-state index contributed by atoms with van der Waals surface area (Å²) in [4.78, 5) is 0. The Bertz CT molecular complexity index is 415. The molecule has 0 spiro atoms. The number of ether oxygens (including phenoxy) is 2. The topological polar surface area (TPSA) is 79.2 Å². The molecule has 0 radical (unpaired) electrons. The molecule has 184 valence electrons. The summed E-state index contributed by atoms with van der Waals surface area (Å²) in [6.07, 6.45) is 23.2. The zero-order chi connectivity index (χ0) is 22.6. The van der Waals surface area contributed by atoms with Crippen LogP contribution in [0.2, 0.25) is 0 Å². The molecular formula is C26H50O5. The molecule has 4 atom stereocenters. The summed E-state index contributed by atoms with van der Waals surface area (Å²) in [5.74, 6) is 0. The number of hydrogen-bond acceptors (Lipinski definition) is 5. The fraction of sp³-hybridized carbons (Fsp3) is 0.923. The quantitative estimate of drug-likeness (QED) is 0.158. The van der Waals surface area contributed by atoms with E-state index in [-0.39, 0.29) is 13.2 Å². The van der Waals surface area contributed by atoms with Crippen molar-refractivity contribution in [1.82, 2.24) is 0 Å². The van der Waals surface area contributed by atoms with Crippen molar-refractivity contribution in [1.29, 1.82) is 0 Å². The highest BCUT2D eigenvalue weighted by atomic mass is 16.6. The fourth-order valence-corrected chi connectivity index (χ4v) is 4.21. The average molecular weight is 443 g/mol. The first-order valence-electron chi connectivity index (χ1n) is 13.1. The monoisotopic (exact) mass is 442 g/mol. The Morgan fingerprint density at radius 3 is 1.71 bits per heavy atom. The SMILES string of the molecule is CCCCCCCCCCCCCCCCCC/C=C/O[C@@H](CO)[C@H]1OC[C@@H](O)[C@H]1O. The van der Waals surface area contributed by atoms with Crippen LogP contribution >= 0.6 is 0 Å². The van der Waals surface area contributed by atoms with Crippen LogP contribution in [-0.4, -0.2) is 52.9 Å². The molecule has 1 fully saturated rings. The summed E-state index contributed by atoms with van der Waals surface area (Å²) < 4.78 is 10.8. The van der Waals surface area contributed by atoms with Crippen LogP contribution < -0.4 is 0 Å².